The van der Waals surface area contributed by atoms with E-state index in [0.29, 0.717) is 0 Å². The molecule has 0 fully saturated rings. The Labute approximate surface area is 137 Å². The number of benzene rings is 1. The van der Waals surface area contributed by atoms with Gasteiger partial charge in [0.25, 0.3) is 0 Å². The van der Waals surface area contributed by atoms with Crippen LogP contribution in [0.15, 0.2) is 30.7 Å². The second-order valence-electron chi connectivity index (χ2n) is 6.99. The SMILES string of the molecule is Cc1cc(-c2c(C)ncc3nccn23)c(C)cc1OC(C)(C)C. The minimum Gasteiger partial charge on any atom is -0.488 e. The van der Waals surface area contributed by atoms with E-state index in [0.717, 1.165) is 33.9 Å². The fourth-order valence-electron chi connectivity index (χ4n) is 2.80. The predicted molar refractivity (Wildman–Crippen MR) is 93.0 cm³/mol. The van der Waals surface area contributed by atoms with Crippen molar-refractivity contribution < 1.29 is 4.74 Å². The van der Waals surface area contributed by atoms with Crippen LogP contribution in [0.2, 0.25) is 0 Å². The summed E-state index contributed by atoms with van der Waals surface area (Å²) in [5.74, 6) is 0.933. The van der Waals surface area contributed by atoms with Gasteiger partial charge in [-0.05, 0) is 64.8 Å². The van der Waals surface area contributed by atoms with E-state index in [1.807, 2.05) is 13.1 Å². The molecular formula is C19H23N3O. The van der Waals surface area contributed by atoms with Crippen LogP contribution in [0.4, 0.5) is 0 Å². The molecule has 0 N–H and O–H groups in total. The van der Waals surface area contributed by atoms with Crippen molar-refractivity contribution in [3.63, 3.8) is 0 Å². The predicted octanol–water partition coefficient (Wildman–Crippen LogP) is 4.50. The van der Waals surface area contributed by atoms with Crippen LogP contribution in [-0.4, -0.2) is 20.0 Å². The molecule has 0 aliphatic carbocycles. The molecule has 0 saturated heterocycles. The second kappa shape index (κ2) is 5.37. The van der Waals surface area contributed by atoms with Gasteiger partial charge in [-0.25, -0.2) is 4.98 Å². The second-order valence-corrected chi connectivity index (χ2v) is 6.99. The fraction of sp³-hybridized carbons (Fsp3) is 0.368. The number of imidazole rings is 1. The van der Waals surface area contributed by atoms with Gasteiger partial charge in [-0.3, -0.25) is 9.38 Å². The van der Waals surface area contributed by atoms with Crippen LogP contribution in [0.25, 0.3) is 16.9 Å². The van der Waals surface area contributed by atoms with Crippen molar-refractivity contribution in [2.45, 2.75) is 47.1 Å². The van der Waals surface area contributed by atoms with E-state index < -0.39 is 0 Å². The summed E-state index contributed by atoms with van der Waals surface area (Å²) in [6, 6.07) is 4.30. The monoisotopic (exact) mass is 309 g/mol. The van der Waals surface area contributed by atoms with Crippen LogP contribution in [-0.2, 0) is 0 Å². The highest BCUT2D eigenvalue weighted by Crippen LogP contribution is 2.33. The maximum atomic E-state index is 6.07. The van der Waals surface area contributed by atoms with E-state index in [-0.39, 0.29) is 5.60 Å². The normalized spacial score (nSPS) is 11.9. The minimum atomic E-state index is -0.208. The van der Waals surface area contributed by atoms with Crippen molar-refractivity contribution in [2.75, 3.05) is 0 Å². The molecule has 1 aromatic carbocycles. The largest absolute Gasteiger partial charge is 0.488 e. The Morgan fingerprint density at radius 1 is 1.00 bits per heavy atom. The summed E-state index contributed by atoms with van der Waals surface area (Å²) in [7, 11) is 0. The zero-order valence-electron chi connectivity index (χ0n) is 14.6. The van der Waals surface area contributed by atoms with E-state index >= 15 is 0 Å². The summed E-state index contributed by atoms with van der Waals surface area (Å²) in [6.07, 6.45) is 5.59. The number of ether oxygens (including phenoxy) is 1. The molecular weight excluding hydrogens is 286 g/mol. The standard InChI is InChI=1S/C19H23N3O/c1-12-10-16(23-19(4,5)6)13(2)9-15(12)18-14(3)21-11-17-20-7-8-22(17)18/h7-11H,1-6H3. The van der Waals surface area contributed by atoms with Crippen LogP contribution in [0.3, 0.4) is 0 Å². The molecule has 0 unspecified atom stereocenters. The van der Waals surface area contributed by atoms with Gasteiger partial charge in [0, 0.05) is 18.0 Å². The van der Waals surface area contributed by atoms with E-state index in [2.05, 4.69) is 61.1 Å². The van der Waals surface area contributed by atoms with Crippen LogP contribution in [0, 0.1) is 20.8 Å². The molecule has 23 heavy (non-hydrogen) atoms. The van der Waals surface area contributed by atoms with E-state index in [1.54, 1.807) is 12.4 Å². The zero-order valence-corrected chi connectivity index (χ0v) is 14.6. The number of fused-ring (bicyclic) bond motifs is 1. The number of aryl methyl sites for hydroxylation is 3. The number of nitrogens with zero attached hydrogens (tertiary/aromatic N) is 3. The van der Waals surface area contributed by atoms with Gasteiger partial charge in [0.15, 0.2) is 5.65 Å². The van der Waals surface area contributed by atoms with Crippen molar-refractivity contribution in [2.24, 2.45) is 0 Å². The molecule has 3 aromatic rings. The Hall–Kier alpha value is -2.36. The van der Waals surface area contributed by atoms with E-state index in [9.17, 15) is 0 Å². The molecule has 0 atom stereocenters. The highest BCUT2D eigenvalue weighted by atomic mass is 16.5. The molecule has 0 aliphatic rings. The zero-order chi connectivity index (χ0) is 16.8. The Morgan fingerprint density at radius 2 is 1.74 bits per heavy atom. The average Bonchev–Trinajstić information content (AvgIpc) is 2.90. The highest BCUT2D eigenvalue weighted by Gasteiger charge is 2.17. The maximum absolute atomic E-state index is 6.07. The number of aromatic nitrogens is 3. The lowest BCUT2D eigenvalue weighted by atomic mass is 10.00. The van der Waals surface area contributed by atoms with Gasteiger partial charge >= 0.3 is 0 Å². The van der Waals surface area contributed by atoms with Crippen molar-refractivity contribution >= 4 is 5.65 Å². The summed E-state index contributed by atoms with van der Waals surface area (Å²) >= 11 is 0. The Kier molecular flexibility index (Phi) is 3.63. The Balaban J connectivity index is 2.19. The van der Waals surface area contributed by atoms with Crippen molar-refractivity contribution in [3.05, 3.63) is 47.5 Å². The van der Waals surface area contributed by atoms with E-state index in [1.165, 1.54) is 5.56 Å². The van der Waals surface area contributed by atoms with E-state index in [4.69, 9.17) is 4.74 Å². The average molecular weight is 309 g/mol. The number of hydrogen-bond donors (Lipinski definition) is 0. The lowest BCUT2D eigenvalue weighted by molar-refractivity contribution is 0.130. The molecule has 0 spiro atoms. The van der Waals surface area contributed by atoms with Crippen LogP contribution in [0.5, 0.6) is 5.75 Å². The molecule has 2 heterocycles. The third-order valence-electron chi connectivity index (χ3n) is 3.82. The number of hydrogen-bond acceptors (Lipinski definition) is 3. The first-order valence-corrected chi connectivity index (χ1v) is 7.85. The molecule has 0 bridgehead atoms. The van der Waals surface area contributed by atoms with Crippen molar-refractivity contribution in [1.82, 2.24) is 14.4 Å². The van der Waals surface area contributed by atoms with Gasteiger partial charge in [-0.1, -0.05) is 0 Å². The highest BCUT2D eigenvalue weighted by molar-refractivity contribution is 5.70. The lowest BCUT2D eigenvalue weighted by Crippen LogP contribution is -2.23. The first-order chi connectivity index (χ1) is 10.8. The van der Waals surface area contributed by atoms with Gasteiger partial charge < -0.3 is 4.74 Å². The first-order valence-electron chi connectivity index (χ1n) is 7.85. The first kappa shape index (κ1) is 15.5. The molecule has 0 aliphatic heterocycles. The molecule has 4 nitrogen and oxygen atoms in total. The van der Waals surface area contributed by atoms with Crippen LogP contribution >= 0.6 is 0 Å². The van der Waals surface area contributed by atoms with Gasteiger partial charge in [-0.2, -0.15) is 0 Å². The van der Waals surface area contributed by atoms with Crippen molar-refractivity contribution in [3.8, 4) is 17.0 Å². The van der Waals surface area contributed by atoms with Gasteiger partial charge in [0.2, 0.25) is 0 Å². The topological polar surface area (TPSA) is 39.4 Å². The molecule has 4 heteroatoms. The molecule has 3 rings (SSSR count). The third-order valence-corrected chi connectivity index (χ3v) is 3.82. The van der Waals surface area contributed by atoms with Gasteiger partial charge in [0.05, 0.1) is 17.6 Å². The molecule has 0 radical (unpaired) electrons. The molecule has 0 saturated carbocycles. The van der Waals surface area contributed by atoms with Crippen LogP contribution < -0.4 is 4.74 Å². The van der Waals surface area contributed by atoms with Gasteiger partial charge in [-0.15, -0.1) is 0 Å². The Bertz CT molecular complexity index is 872. The fourth-order valence-corrected chi connectivity index (χ4v) is 2.80. The smallest absolute Gasteiger partial charge is 0.155 e. The molecule has 120 valence electrons. The van der Waals surface area contributed by atoms with Crippen LogP contribution in [0.1, 0.15) is 37.6 Å². The Morgan fingerprint density at radius 3 is 2.43 bits per heavy atom. The number of rotatable bonds is 2. The quantitative estimate of drug-likeness (QED) is 0.699. The van der Waals surface area contributed by atoms with Crippen molar-refractivity contribution in [1.29, 1.82) is 0 Å². The lowest BCUT2D eigenvalue weighted by Gasteiger charge is -2.24. The van der Waals surface area contributed by atoms with Gasteiger partial charge in [0.1, 0.15) is 11.4 Å². The third kappa shape index (κ3) is 2.93. The summed E-state index contributed by atoms with van der Waals surface area (Å²) in [6.45, 7) is 12.4. The summed E-state index contributed by atoms with van der Waals surface area (Å²) in [5, 5.41) is 0. The molecule has 2 aromatic heterocycles. The summed E-state index contributed by atoms with van der Waals surface area (Å²) < 4.78 is 8.16. The maximum Gasteiger partial charge on any atom is 0.155 e. The minimum absolute atomic E-state index is 0.208. The summed E-state index contributed by atoms with van der Waals surface area (Å²) in [4.78, 5) is 8.83. The molecule has 0 amide bonds. The summed E-state index contributed by atoms with van der Waals surface area (Å²) in [5.41, 5.74) is 6.18.